The van der Waals surface area contributed by atoms with Gasteiger partial charge in [-0.05, 0) is 13.0 Å². The predicted molar refractivity (Wildman–Crippen MR) is 65.4 cm³/mol. The van der Waals surface area contributed by atoms with Crippen LogP contribution >= 0.6 is 0 Å². The largest absolute Gasteiger partial charge is 0.356 e. The Balaban J connectivity index is 2.07. The van der Waals surface area contributed by atoms with Gasteiger partial charge in [-0.25, -0.2) is 0 Å². The number of amides is 1. The summed E-state index contributed by atoms with van der Waals surface area (Å²) in [6.07, 6.45) is 4.33. The number of aromatic nitrogens is 3. The summed E-state index contributed by atoms with van der Waals surface area (Å²) in [4.78, 5) is 11.6. The Morgan fingerprint density at radius 1 is 1.53 bits per heavy atom. The summed E-state index contributed by atoms with van der Waals surface area (Å²) in [5, 5.41) is 13.6. The summed E-state index contributed by atoms with van der Waals surface area (Å²) in [7, 11) is 0. The van der Waals surface area contributed by atoms with E-state index in [0.29, 0.717) is 6.54 Å². The molecule has 1 amide bonds. The highest BCUT2D eigenvalue weighted by Gasteiger charge is 2.10. The maximum atomic E-state index is 11.6. The second kappa shape index (κ2) is 7.78. The minimum absolute atomic E-state index is 0.0151. The van der Waals surface area contributed by atoms with Crippen LogP contribution in [-0.4, -0.2) is 40.5 Å². The van der Waals surface area contributed by atoms with Crippen LogP contribution < -0.4 is 10.6 Å². The molecule has 1 rings (SSSR count). The fourth-order valence-corrected chi connectivity index (χ4v) is 1.43. The van der Waals surface area contributed by atoms with Crippen molar-refractivity contribution in [2.24, 2.45) is 5.92 Å². The maximum absolute atomic E-state index is 11.6. The van der Waals surface area contributed by atoms with Crippen LogP contribution in [0.5, 0.6) is 0 Å². The van der Waals surface area contributed by atoms with Gasteiger partial charge in [0, 0.05) is 31.7 Å². The SMILES string of the molecule is CCNCC(C)C(=O)NCCCn1ccnn1. The second-order valence-electron chi connectivity index (χ2n) is 4.02. The van der Waals surface area contributed by atoms with E-state index in [1.807, 2.05) is 20.0 Å². The van der Waals surface area contributed by atoms with Crippen molar-refractivity contribution in [1.82, 2.24) is 25.6 Å². The summed E-state index contributed by atoms with van der Waals surface area (Å²) < 4.78 is 1.76. The van der Waals surface area contributed by atoms with Gasteiger partial charge in [0.05, 0.1) is 6.20 Å². The molecule has 1 atom stereocenters. The van der Waals surface area contributed by atoms with E-state index >= 15 is 0 Å². The normalized spacial score (nSPS) is 12.4. The lowest BCUT2D eigenvalue weighted by Gasteiger charge is -2.12. The molecule has 96 valence electrons. The molecule has 0 saturated carbocycles. The number of carbonyl (C=O) groups excluding carboxylic acids is 1. The molecule has 0 bridgehead atoms. The van der Waals surface area contributed by atoms with E-state index in [1.165, 1.54) is 0 Å². The number of nitrogens with zero attached hydrogens (tertiary/aromatic N) is 3. The van der Waals surface area contributed by atoms with Gasteiger partial charge in [-0.2, -0.15) is 0 Å². The predicted octanol–water partition coefficient (Wildman–Crippen LogP) is 0.0300. The zero-order valence-electron chi connectivity index (χ0n) is 10.5. The number of hydrogen-bond acceptors (Lipinski definition) is 4. The van der Waals surface area contributed by atoms with Crippen LogP contribution in [0, 0.1) is 5.92 Å². The first-order valence-electron chi connectivity index (χ1n) is 6.06. The van der Waals surface area contributed by atoms with Gasteiger partial charge in [0.1, 0.15) is 0 Å². The molecule has 6 nitrogen and oxygen atoms in total. The molecule has 0 radical (unpaired) electrons. The van der Waals surface area contributed by atoms with Crippen molar-refractivity contribution in [2.75, 3.05) is 19.6 Å². The molecule has 0 aromatic carbocycles. The van der Waals surface area contributed by atoms with Crippen LogP contribution in [0.3, 0.4) is 0 Å². The van der Waals surface area contributed by atoms with E-state index in [1.54, 1.807) is 10.9 Å². The van der Waals surface area contributed by atoms with Crippen molar-refractivity contribution in [3.63, 3.8) is 0 Å². The highest BCUT2D eigenvalue weighted by Crippen LogP contribution is 1.93. The Morgan fingerprint density at radius 2 is 2.35 bits per heavy atom. The molecule has 1 unspecified atom stereocenters. The summed E-state index contributed by atoms with van der Waals surface area (Å²) in [5.74, 6) is 0.117. The lowest BCUT2D eigenvalue weighted by molar-refractivity contribution is -0.124. The number of nitrogens with one attached hydrogen (secondary N) is 2. The van der Waals surface area contributed by atoms with Crippen LogP contribution in [0.4, 0.5) is 0 Å². The number of carbonyl (C=O) groups is 1. The monoisotopic (exact) mass is 239 g/mol. The molecule has 0 saturated heterocycles. The molecular formula is C11H21N5O. The van der Waals surface area contributed by atoms with Gasteiger partial charge in [-0.3, -0.25) is 9.48 Å². The van der Waals surface area contributed by atoms with E-state index < -0.39 is 0 Å². The zero-order chi connectivity index (χ0) is 12.5. The van der Waals surface area contributed by atoms with E-state index in [0.717, 1.165) is 26.1 Å². The van der Waals surface area contributed by atoms with Crippen molar-refractivity contribution >= 4 is 5.91 Å². The van der Waals surface area contributed by atoms with Crippen molar-refractivity contribution < 1.29 is 4.79 Å². The molecule has 0 aliphatic rings. The second-order valence-corrected chi connectivity index (χ2v) is 4.02. The molecule has 2 N–H and O–H groups in total. The standard InChI is InChI=1S/C11H21N5O/c1-3-12-9-10(2)11(17)13-5-4-7-16-8-6-14-15-16/h6,8,10,12H,3-5,7,9H2,1-2H3,(H,13,17). The minimum atomic E-state index is 0.0151. The quantitative estimate of drug-likeness (QED) is 0.628. The molecule has 0 aliphatic carbocycles. The summed E-state index contributed by atoms with van der Waals surface area (Å²) in [6.45, 7) is 7.03. The van der Waals surface area contributed by atoms with Crippen molar-refractivity contribution in [2.45, 2.75) is 26.8 Å². The molecule has 0 aliphatic heterocycles. The van der Waals surface area contributed by atoms with Gasteiger partial charge in [-0.15, -0.1) is 5.10 Å². The molecule has 0 fully saturated rings. The first-order chi connectivity index (χ1) is 8.24. The highest BCUT2D eigenvalue weighted by molar-refractivity contribution is 5.78. The molecule has 6 heteroatoms. The van der Waals surface area contributed by atoms with Crippen molar-refractivity contribution in [3.8, 4) is 0 Å². The van der Waals surface area contributed by atoms with Crippen molar-refractivity contribution in [1.29, 1.82) is 0 Å². The average molecular weight is 239 g/mol. The maximum Gasteiger partial charge on any atom is 0.224 e. The van der Waals surface area contributed by atoms with Gasteiger partial charge in [0.2, 0.25) is 5.91 Å². The highest BCUT2D eigenvalue weighted by atomic mass is 16.1. The zero-order valence-corrected chi connectivity index (χ0v) is 10.5. The molecule has 0 spiro atoms. The fraction of sp³-hybridized carbons (Fsp3) is 0.727. The summed E-state index contributed by atoms with van der Waals surface area (Å²) >= 11 is 0. The Kier molecular flexibility index (Phi) is 6.24. The number of hydrogen-bond donors (Lipinski definition) is 2. The third-order valence-electron chi connectivity index (χ3n) is 2.48. The van der Waals surface area contributed by atoms with Crippen LogP contribution in [0.1, 0.15) is 20.3 Å². The Hall–Kier alpha value is -1.43. The van der Waals surface area contributed by atoms with Crippen LogP contribution in [0.2, 0.25) is 0 Å². The minimum Gasteiger partial charge on any atom is -0.356 e. The third kappa shape index (κ3) is 5.44. The number of aryl methyl sites for hydroxylation is 1. The lowest BCUT2D eigenvalue weighted by atomic mass is 10.1. The summed E-state index contributed by atoms with van der Waals surface area (Å²) in [6, 6.07) is 0. The third-order valence-corrected chi connectivity index (χ3v) is 2.48. The first kappa shape index (κ1) is 13.6. The topological polar surface area (TPSA) is 71.8 Å². The van der Waals surface area contributed by atoms with Crippen LogP contribution in [0.25, 0.3) is 0 Å². The molecule has 1 aromatic heterocycles. The van der Waals surface area contributed by atoms with Gasteiger partial charge < -0.3 is 10.6 Å². The van der Waals surface area contributed by atoms with Crippen molar-refractivity contribution in [3.05, 3.63) is 12.4 Å². The van der Waals surface area contributed by atoms with Gasteiger partial charge in [0.25, 0.3) is 0 Å². The van der Waals surface area contributed by atoms with Gasteiger partial charge in [-0.1, -0.05) is 19.1 Å². The summed E-state index contributed by atoms with van der Waals surface area (Å²) in [5.41, 5.74) is 0. The van der Waals surface area contributed by atoms with E-state index in [2.05, 4.69) is 20.9 Å². The molecular weight excluding hydrogens is 218 g/mol. The van der Waals surface area contributed by atoms with Crippen LogP contribution in [0.15, 0.2) is 12.4 Å². The fourth-order valence-electron chi connectivity index (χ4n) is 1.43. The van der Waals surface area contributed by atoms with Gasteiger partial charge >= 0.3 is 0 Å². The Morgan fingerprint density at radius 3 is 3.00 bits per heavy atom. The molecule has 17 heavy (non-hydrogen) atoms. The van der Waals surface area contributed by atoms with E-state index in [-0.39, 0.29) is 11.8 Å². The van der Waals surface area contributed by atoms with E-state index in [9.17, 15) is 4.79 Å². The Labute approximate surface area is 102 Å². The molecule has 1 aromatic rings. The van der Waals surface area contributed by atoms with Gasteiger partial charge in [0.15, 0.2) is 0 Å². The Bertz CT molecular complexity index is 312. The average Bonchev–Trinajstić information content (AvgIpc) is 2.84. The number of rotatable bonds is 8. The first-order valence-corrected chi connectivity index (χ1v) is 6.06. The van der Waals surface area contributed by atoms with E-state index in [4.69, 9.17) is 0 Å². The smallest absolute Gasteiger partial charge is 0.224 e. The lowest BCUT2D eigenvalue weighted by Crippen LogP contribution is -2.36. The van der Waals surface area contributed by atoms with Crippen LogP contribution in [-0.2, 0) is 11.3 Å². The molecule has 1 heterocycles.